The number of nitrogens with zero attached hydrogens (tertiary/aromatic N) is 4. The first-order valence-corrected chi connectivity index (χ1v) is 9.21. The van der Waals surface area contributed by atoms with Crippen molar-refractivity contribution in [2.75, 3.05) is 7.05 Å². The van der Waals surface area contributed by atoms with Gasteiger partial charge in [-0.2, -0.15) is 4.98 Å². The molecule has 3 rings (SSSR count). The van der Waals surface area contributed by atoms with Gasteiger partial charge < -0.3 is 9.84 Å². The van der Waals surface area contributed by atoms with Gasteiger partial charge in [0.15, 0.2) is 5.82 Å². The molecule has 0 radical (unpaired) electrons. The van der Waals surface area contributed by atoms with E-state index in [2.05, 4.69) is 46.2 Å². The first-order valence-electron chi connectivity index (χ1n) is 7.40. The maximum Gasteiger partial charge on any atom is 0.237 e. The summed E-state index contributed by atoms with van der Waals surface area (Å²) in [5.41, 5.74) is 1.25. The van der Waals surface area contributed by atoms with E-state index in [1.165, 1.54) is 10.4 Å². The van der Waals surface area contributed by atoms with Gasteiger partial charge >= 0.3 is 0 Å². The molecule has 3 aromatic heterocycles. The van der Waals surface area contributed by atoms with Crippen molar-refractivity contribution in [3.8, 4) is 0 Å². The molecule has 0 saturated carbocycles. The number of thioether (sulfide) groups is 1. The third-order valence-electron chi connectivity index (χ3n) is 3.75. The Balaban J connectivity index is 1.74. The van der Waals surface area contributed by atoms with E-state index < -0.39 is 0 Å². The number of likely N-dealkylation sites (N-methyl/N-ethyl adjacent to an activating group) is 1. The van der Waals surface area contributed by atoms with Crippen LogP contribution in [0.4, 0.5) is 0 Å². The van der Waals surface area contributed by atoms with E-state index in [1.807, 2.05) is 7.05 Å². The van der Waals surface area contributed by atoms with Gasteiger partial charge in [0.2, 0.25) is 5.89 Å². The van der Waals surface area contributed by atoms with E-state index in [1.54, 1.807) is 29.4 Å². The normalized spacial score (nSPS) is 12.9. The lowest BCUT2D eigenvalue weighted by Gasteiger charge is -2.04. The summed E-state index contributed by atoms with van der Waals surface area (Å²) in [4.78, 5) is 15.5. The van der Waals surface area contributed by atoms with Crippen LogP contribution in [0.15, 0.2) is 15.9 Å². The zero-order valence-corrected chi connectivity index (χ0v) is 15.2. The summed E-state index contributed by atoms with van der Waals surface area (Å²) < 4.78 is 5.33. The van der Waals surface area contributed by atoms with Gasteiger partial charge in [-0.05, 0) is 33.4 Å². The standard InChI is InChI=1S/C15H19N5OS2/c1-8(16-4)5-11-19-12(21-20-11)6-22-14-13-9(2)10(3)23-15(13)18-7-17-14/h7-8,16H,5-6H2,1-4H3. The third-order valence-corrected chi connectivity index (χ3v) is 5.84. The molecular weight excluding hydrogens is 330 g/mol. The summed E-state index contributed by atoms with van der Waals surface area (Å²) in [5, 5.41) is 9.31. The number of thiophene rings is 1. The van der Waals surface area contributed by atoms with Gasteiger partial charge in [-0.15, -0.1) is 11.3 Å². The maximum atomic E-state index is 5.33. The van der Waals surface area contributed by atoms with E-state index in [0.29, 0.717) is 17.7 Å². The molecule has 0 aliphatic carbocycles. The lowest BCUT2D eigenvalue weighted by atomic mass is 10.2. The van der Waals surface area contributed by atoms with Crippen LogP contribution < -0.4 is 5.32 Å². The minimum atomic E-state index is 0.325. The van der Waals surface area contributed by atoms with E-state index in [9.17, 15) is 0 Å². The van der Waals surface area contributed by atoms with Crippen LogP contribution in [0.2, 0.25) is 0 Å². The number of hydrogen-bond acceptors (Lipinski definition) is 8. The molecule has 0 aliphatic heterocycles. The van der Waals surface area contributed by atoms with Crippen molar-refractivity contribution in [1.29, 1.82) is 0 Å². The summed E-state index contributed by atoms with van der Waals surface area (Å²) in [6.45, 7) is 6.32. The maximum absolute atomic E-state index is 5.33. The number of aromatic nitrogens is 4. The highest BCUT2D eigenvalue weighted by Crippen LogP contribution is 2.35. The van der Waals surface area contributed by atoms with Crippen LogP contribution >= 0.6 is 23.1 Å². The minimum absolute atomic E-state index is 0.325. The highest BCUT2D eigenvalue weighted by molar-refractivity contribution is 7.98. The van der Waals surface area contributed by atoms with Crippen molar-refractivity contribution in [2.24, 2.45) is 0 Å². The molecule has 0 aromatic carbocycles. The average Bonchev–Trinajstić information content (AvgIpc) is 3.10. The highest BCUT2D eigenvalue weighted by atomic mass is 32.2. The fraction of sp³-hybridized carbons (Fsp3) is 0.467. The Morgan fingerprint density at radius 3 is 2.96 bits per heavy atom. The second-order valence-corrected chi connectivity index (χ2v) is 7.60. The highest BCUT2D eigenvalue weighted by Gasteiger charge is 2.14. The average molecular weight is 349 g/mol. The van der Waals surface area contributed by atoms with Gasteiger partial charge in [0.1, 0.15) is 16.2 Å². The van der Waals surface area contributed by atoms with E-state index in [4.69, 9.17) is 4.52 Å². The van der Waals surface area contributed by atoms with E-state index >= 15 is 0 Å². The van der Waals surface area contributed by atoms with E-state index in [0.717, 1.165) is 27.5 Å². The molecule has 8 heteroatoms. The van der Waals surface area contributed by atoms with Gasteiger partial charge in [-0.1, -0.05) is 16.9 Å². The second kappa shape index (κ2) is 6.94. The van der Waals surface area contributed by atoms with E-state index in [-0.39, 0.29) is 0 Å². The zero-order chi connectivity index (χ0) is 16.4. The fourth-order valence-electron chi connectivity index (χ4n) is 2.20. The number of nitrogens with one attached hydrogen (secondary N) is 1. The molecule has 1 unspecified atom stereocenters. The predicted octanol–water partition coefficient (Wildman–Crippen LogP) is 3.13. The predicted molar refractivity (Wildman–Crippen MR) is 93.0 cm³/mol. The van der Waals surface area contributed by atoms with Crippen molar-refractivity contribution in [1.82, 2.24) is 25.4 Å². The van der Waals surface area contributed by atoms with Crippen LogP contribution in [-0.2, 0) is 12.2 Å². The number of hydrogen-bond donors (Lipinski definition) is 1. The third kappa shape index (κ3) is 3.54. The van der Waals surface area contributed by atoms with Crippen molar-refractivity contribution in [3.63, 3.8) is 0 Å². The molecule has 122 valence electrons. The molecule has 0 saturated heterocycles. The molecular formula is C15H19N5OS2. The van der Waals surface area contributed by atoms with Gasteiger partial charge in [0, 0.05) is 22.7 Å². The van der Waals surface area contributed by atoms with Gasteiger partial charge in [0.05, 0.1) is 5.75 Å². The molecule has 23 heavy (non-hydrogen) atoms. The molecule has 1 atom stereocenters. The van der Waals surface area contributed by atoms with Crippen LogP contribution in [0, 0.1) is 13.8 Å². The summed E-state index contributed by atoms with van der Waals surface area (Å²) in [6.07, 6.45) is 2.37. The summed E-state index contributed by atoms with van der Waals surface area (Å²) in [6, 6.07) is 0.325. The van der Waals surface area contributed by atoms with Gasteiger partial charge in [0.25, 0.3) is 0 Å². The van der Waals surface area contributed by atoms with Gasteiger partial charge in [-0.25, -0.2) is 9.97 Å². The van der Waals surface area contributed by atoms with Crippen molar-refractivity contribution in [2.45, 2.75) is 44.0 Å². The Morgan fingerprint density at radius 1 is 1.35 bits per heavy atom. The largest absolute Gasteiger partial charge is 0.338 e. The van der Waals surface area contributed by atoms with Crippen LogP contribution in [-0.4, -0.2) is 33.2 Å². The summed E-state index contributed by atoms with van der Waals surface area (Å²) in [7, 11) is 1.92. The lowest BCUT2D eigenvalue weighted by Crippen LogP contribution is -2.24. The Hall–Kier alpha value is -1.51. The number of aryl methyl sites for hydroxylation is 2. The first kappa shape index (κ1) is 16.4. The molecule has 3 aromatic rings. The van der Waals surface area contributed by atoms with Crippen molar-refractivity contribution in [3.05, 3.63) is 28.5 Å². The smallest absolute Gasteiger partial charge is 0.237 e. The molecule has 0 bridgehead atoms. The van der Waals surface area contributed by atoms with Crippen LogP contribution in [0.1, 0.15) is 29.1 Å². The van der Waals surface area contributed by atoms with Crippen LogP contribution in [0.5, 0.6) is 0 Å². The fourth-order valence-corrected chi connectivity index (χ4v) is 4.15. The quantitative estimate of drug-likeness (QED) is 0.541. The molecule has 0 fully saturated rings. The van der Waals surface area contributed by atoms with Crippen LogP contribution in [0.25, 0.3) is 10.2 Å². The van der Waals surface area contributed by atoms with Crippen molar-refractivity contribution < 1.29 is 4.52 Å². The van der Waals surface area contributed by atoms with Crippen LogP contribution in [0.3, 0.4) is 0 Å². The van der Waals surface area contributed by atoms with Gasteiger partial charge in [-0.3, -0.25) is 0 Å². The topological polar surface area (TPSA) is 76.7 Å². The SMILES string of the molecule is CNC(C)Cc1noc(CSc2ncnc3sc(C)c(C)c23)n1. The zero-order valence-electron chi connectivity index (χ0n) is 13.6. The summed E-state index contributed by atoms with van der Waals surface area (Å²) >= 11 is 3.32. The number of fused-ring (bicyclic) bond motifs is 1. The Morgan fingerprint density at radius 2 is 2.17 bits per heavy atom. The second-order valence-electron chi connectivity index (χ2n) is 5.43. The lowest BCUT2D eigenvalue weighted by molar-refractivity contribution is 0.382. The summed E-state index contributed by atoms with van der Waals surface area (Å²) in [5.74, 6) is 1.98. The monoisotopic (exact) mass is 349 g/mol. The Bertz CT molecular complexity index is 813. The Labute approximate surface area is 143 Å². The molecule has 0 amide bonds. The molecule has 0 aliphatic rings. The minimum Gasteiger partial charge on any atom is -0.338 e. The first-order chi connectivity index (χ1) is 11.1. The number of rotatable bonds is 6. The van der Waals surface area contributed by atoms with Crippen molar-refractivity contribution >= 4 is 33.3 Å². The molecule has 6 nitrogen and oxygen atoms in total. The molecule has 3 heterocycles. The molecule has 1 N–H and O–H groups in total. The molecule has 0 spiro atoms. The Kier molecular flexibility index (Phi) is 4.93.